The van der Waals surface area contributed by atoms with Crippen molar-refractivity contribution in [3.05, 3.63) is 22.7 Å². The number of halogens is 1. The normalized spacial score (nSPS) is 15.3. The Bertz CT molecular complexity index is 490. The lowest BCUT2D eigenvalue weighted by atomic mass is 10.1. The van der Waals surface area contributed by atoms with E-state index in [4.69, 9.17) is 21.1 Å². The number of hydrogen-bond acceptors (Lipinski definition) is 3. The Morgan fingerprint density at radius 2 is 2.15 bits per heavy atom. The van der Waals surface area contributed by atoms with Crippen molar-refractivity contribution in [2.75, 3.05) is 13.2 Å². The zero-order valence-corrected chi connectivity index (χ0v) is 12.6. The lowest BCUT2D eigenvalue weighted by Gasteiger charge is -2.13. The highest BCUT2D eigenvalue weighted by Crippen LogP contribution is 2.38. The molecule has 1 N–H and O–H groups in total. The van der Waals surface area contributed by atoms with E-state index >= 15 is 0 Å². The van der Waals surface area contributed by atoms with Crippen LogP contribution in [0.3, 0.4) is 0 Å². The van der Waals surface area contributed by atoms with Gasteiger partial charge in [0.1, 0.15) is 0 Å². The highest BCUT2D eigenvalue weighted by molar-refractivity contribution is 6.32. The van der Waals surface area contributed by atoms with Crippen LogP contribution in [0.25, 0.3) is 0 Å². The van der Waals surface area contributed by atoms with Crippen LogP contribution >= 0.6 is 11.6 Å². The number of rotatable bonds is 4. The molecule has 4 nitrogen and oxygen atoms in total. The molecule has 0 saturated carbocycles. The van der Waals surface area contributed by atoms with Crippen molar-refractivity contribution >= 4 is 17.5 Å². The predicted octanol–water partition coefficient (Wildman–Crippen LogP) is 2.96. The van der Waals surface area contributed by atoms with E-state index in [1.54, 1.807) is 6.07 Å². The first kappa shape index (κ1) is 15.0. The number of carbonyl (C=O) groups is 1. The summed E-state index contributed by atoms with van der Waals surface area (Å²) in [6.07, 6.45) is 2.03. The fourth-order valence-corrected chi connectivity index (χ4v) is 2.29. The van der Waals surface area contributed by atoms with Crippen LogP contribution in [-0.2, 0) is 11.2 Å². The van der Waals surface area contributed by atoms with Gasteiger partial charge in [-0.1, -0.05) is 18.5 Å². The second-order valence-electron chi connectivity index (χ2n) is 5.01. The molecule has 1 unspecified atom stereocenters. The monoisotopic (exact) mass is 297 g/mol. The van der Waals surface area contributed by atoms with Crippen LogP contribution in [0.5, 0.6) is 11.5 Å². The van der Waals surface area contributed by atoms with Gasteiger partial charge >= 0.3 is 0 Å². The molecular formula is C15H20ClNO3. The van der Waals surface area contributed by atoms with E-state index in [0.717, 1.165) is 18.4 Å². The number of hydrogen-bond donors (Lipinski definition) is 1. The Morgan fingerprint density at radius 1 is 1.40 bits per heavy atom. The summed E-state index contributed by atoms with van der Waals surface area (Å²) in [7, 11) is 0. The first-order valence-electron chi connectivity index (χ1n) is 6.97. The average molecular weight is 298 g/mol. The topological polar surface area (TPSA) is 47.6 Å². The first-order chi connectivity index (χ1) is 9.60. The molecule has 1 amide bonds. The van der Waals surface area contributed by atoms with E-state index in [1.807, 2.05) is 19.9 Å². The van der Waals surface area contributed by atoms with Gasteiger partial charge in [-0.3, -0.25) is 4.79 Å². The van der Waals surface area contributed by atoms with E-state index in [2.05, 4.69) is 5.32 Å². The molecule has 1 aromatic rings. The van der Waals surface area contributed by atoms with E-state index in [9.17, 15) is 4.79 Å². The Kier molecular flexibility index (Phi) is 5.12. The Morgan fingerprint density at radius 3 is 2.90 bits per heavy atom. The quantitative estimate of drug-likeness (QED) is 0.929. The standard InChI is InChI=1S/C15H20ClNO3/c1-3-10(2)17-14(18)9-11-7-12(16)15-13(8-11)19-5-4-6-20-15/h7-8,10H,3-6,9H2,1-2H3,(H,17,18). The number of fused-ring (bicyclic) bond motifs is 1. The number of benzene rings is 1. The molecule has 0 radical (unpaired) electrons. The molecule has 20 heavy (non-hydrogen) atoms. The predicted molar refractivity (Wildman–Crippen MR) is 78.7 cm³/mol. The molecular weight excluding hydrogens is 278 g/mol. The third kappa shape index (κ3) is 3.79. The Balaban J connectivity index is 2.11. The lowest BCUT2D eigenvalue weighted by Crippen LogP contribution is -2.33. The minimum atomic E-state index is -0.00935. The summed E-state index contributed by atoms with van der Waals surface area (Å²) in [5, 5.41) is 3.43. The molecule has 0 aliphatic carbocycles. The van der Waals surface area contributed by atoms with Gasteiger partial charge in [0.2, 0.25) is 5.91 Å². The molecule has 0 spiro atoms. The molecule has 0 saturated heterocycles. The molecule has 0 bridgehead atoms. The summed E-state index contributed by atoms with van der Waals surface area (Å²) >= 11 is 6.20. The van der Waals surface area contributed by atoms with E-state index in [1.165, 1.54) is 0 Å². The lowest BCUT2D eigenvalue weighted by molar-refractivity contribution is -0.121. The summed E-state index contributed by atoms with van der Waals surface area (Å²) in [4.78, 5) is 11.9. The summed E-state index contributed by atoms with van der Waals surface area (Å²) in [6.45, 7) is 5.22. The maximum atomic E-state index is 11.9. The van der Waals surface area contributed by atoms with Gasteiger partial charge in [0.15, 0.2) is 11.5 Å². The van der Waals surface area contributed by atoms with Crippen molar-refractivity contribution < 1.29 is 14.3 Å². The van der Waals surface area contributed by atoms with E-state index in [0.29, 0.717) is 36.2 Å². The number of nitrogens with one attached hydrogen (secondary N) is 1. The summed E-state index contributed by atoms with van der Waals surface area (Å²) in [5.74, 6) is 1.20. The van der Waals surface area contributed by atoms with Crippen LogP contribution in [0.1, 0.15) is 32.3 Å². The molecule has 1 aliphatic heterocycles. The molecule has 1 atom stereocenters. The molecule has 2 rings (SSSR count). The molecule has 0 aromatic heterocycles. The van der Waals surface area contributed by atoms with Crippen LogP contribution in [0.15, 0.2) is 12.1 Å². The maximum absolute atomic E-state index is 11.9. The van der Waals surface area contributed by atoms with Crippen molar-refractivity contribution in [1.29, 1.82) is 0 Å². The van der Waals surface area contributed by atoms with Gasteiger partial charge in [-0.05, 0) is 31.0 Å². The second-order valence-corrected chi connectivity index (χ2v) is 5.42. The van der Waals surface area contributed by atoms with E-state index in [-0.39, 0.29) is 11.9 Å². The minimum absolute atomic E-state index is 0.00935. The Hall–Kier alpha value is -1.42. The van der Waals surface area contributed by atoms with Crippen molar-refractivity contribution in [1.82, 2.24) is 5.32 Å². The smallest absolute Gasteiger partial charge is 0.224 e. The molecule has 1 aromatic carbocycles. The summed E-state index contributed by atoms with van der Waals surface area (Å²) in [5.41, 5.74) is 0.833. The van der Waals surface area contributed by atoms with Gasteiger partial charge in [0.05, 0.1) is 24.7 Å². The zero-order chi connectivity index (χ0) is 14.5. The van der Waals surface area contributed by atoms with Gasteiger partial charge in [-0.25, -0.2) is 0 Å². The van der Waals surface area contributed by atoms with E-state index < -0.39 is 0 Å². The molecule has 1 aliphatic rings. The van der Waals surface area contributed by atoms with Gasteiger partial charge in [0, 0.05) is 12.5 Å². The van der Waals surface area contributed by atoms with Crippen molar-refractivity contribution in [3.8, 4) is 11.5 Å². The van der Waals surface area contributed by atoms with Crippen LogP contribution in [0, 0.1) is 0 Å². The fourth-order valence-electron chi connectivity index (χ4n) is 2.00. The van der Waals surface area contributed by atoms with Gasteiger partial charge in [-0.2, -0.15) is 0 Å². The molecule has 1 heterocycles. The van der Waals surface area contributed by atoms with Crippen molar-refractivity contribution in [2.24, 2.45) is 0 Å². The van der Waals surface area contributed by atoms with Crippen LogP contribution in [0.2, 0.25) is 5.02 Å². The minimum Gasteiger partial charge on any atom is -0.489 e. The van der Waals surface area contributed by atoms with Crippen molar-refractivity contribution in [2.45, 2.75) is 39.2 Å². The van der Waals surface area contributed by atoms with Gasteiger partial charge in [-0.15, -0.1) is 0 Å². The fraction of sp³-hybridized carbons (Fsp3) is 0.533. The highest BCUT2D eigenvalue weighted by Gasteiger charge is 2.17. The van der Waals surface area contributed by atoms with Crippen LogP contribution in [0.4, 0.5) is 0 Å². The summed E-state index contributed by atoms with van der Waals surface area (Å²) < 4.78 is 11.2. The molecule has 110 valence electrons. The number of amides is 1. The zero-order valence-electron chi connectivity index (χ0n) is 11.9. The third-order valence-electron chi connectivity index (χ3n) is 3.25. The molecule has 0 fully saturated rings. The Labute approximate surface area is 124 Å². The van der Waals surface area contributed by atoms with Crippen LogP contribution in [-0.4, -0.2) is 25.2 Å². The SMILES string of the molecule is CCC(C)NC(=O)Cc1cc(Cl)c2c(c1)OCCCO2. The maximum Gasteiger partial charge on any atom is 0.224 e. The molecule has 5 heteroatoms. The largest absolute Gasteiger partial charge is 0.489 e. The number of carbonyl (C=O) groups excluding carboxylic acids is 1. The third-order valence-corrected chi connectivity index (χ3v) is 3.53. The van der Waals surface area contributed by atoms with Crippen LogP contribution < -0.4 is 14.8 Å². The highest BCUT2D eigenvalue weighted by atomic mass is 35.5. The second kappa shape index (κ2) is 6.84. The van der Waals surface area contributed by atoms with Gasteiger partial charge < -0.3 is 14.8 Å². The summed E-state index contributed by atoms with van der Waals surface area (Å²) in [6, 6.07) is 3.78. The van der Waals surface area contributed by atoms with Crippen molar-refractivity contribution in [3.63, 3.8) is 0 Å². The average Bonchev–Trinajstić information content (AvgIpc) is 2.64. The van der Waals surface area contributed by atoms with Gasteiger partial charge in [0.25, 0.3) is 0 Å². The number of ether oxygens (including phenoxy) is 2. The first-order valence-corrected chi connectivity index (χ1v) is 7.35.